The van der Waals surface area contributed by atoms with Crippen LogP contribution in [0.3, 0.4) is 0 Å². The molecule has 14 rings (SSSR count). The van der Waals surface area contributed by atoms with E-state index in [-0.39, 0.29) is 0 Å². The van der Waals surface area contributed by atoms with E-state index in [9.17, 15) is 0 Å². The molecule has 0 unspecified atom stereocenters. The summed E-state index contributed by atoms with van der Waals surface area (Å²) in [6.45, 7) is 0. The second kappa shape index (κ2) is 14.0. The van der Waals surface area contributed by atoms with Gasteiger partial charge in [0.05, 0.1) is 27.8 Å². The number of hydrogen-bond acceptors (Lipinski definition) is 4. The highest BCUT2D eigenvalue weighted by molar-refractivity contribution is 7.25. The van der Waals surface area contributed by atoms with Gasteiger partial charge in [-0.05, 0) is 88.3 Å². The van der Waals surface area contributed by atoms with Crippen LogP contribution in [-0.2, 0) is 0 Å². The lowest BCUT2D eigenvalue weighted by Crippen LogP contribution is -2.04. The molecule has 302 valence electrons. The Morgan fingerprint density at radius 2 is 0.923 bits per heavy atom. The second-order valence-electron chi connectivity index (χ2n) is 16.8. The fraction of sp³-hybridized carbons (Fsp3) is 0. The van der Waals surface area contributed by atoms with Crippen molar-refractivity contribution in [2.45, 2.75) is 0 Å². The van der Waals surface area contributed by atoms with Crippen molar-refractivity contribution >= 4 is 96.7 Å². The first-order valence-corrected chi connectivity index (χ1v) is 22.7. The van der Waals surface area contributed by atoms with Crippen molar-refractivity contribution in [2.24, 2.45) is 0 Å². The Labute approximate surface area is 376 Å². The Morgan fingerprint density at radius 3 is 1.72 bits per heavy atom. The molecule has 4 aromatic heterocycles. The van der Waals surface area contributed by atoms with Crippen molar-refractivity contribution in [3.63, 3.8) is 0 Å². The van der Waals surface area contributed by atoms with E-state index >= 15 is 0 Å². The van der Waals surface area contributed by atoms with Crippen LogP contribution in [0.4, 0.5) is 0 Å². The van der Waals surface area contributed by atoms with E-state index in [4.69, 9.17) is 15.0 Å². The highest BCUT2D eigenvalue weighted by Crippen LogP contribution is 2.44. The van der Waals surface area contributed by atoms with Crippen molar-refractivity contribution in [1.82, 2.24) is 24.1 Å². The quantitative estimate of drug-likeness (QED) is 0.173. The van der Waals surface area contributed by atoms with E-state index in [1.165, 1.54) is 52.5 Å². The van der Waals surface area contributed by atoms with Crippen LogP contribution in [0.25, 0.3) is 131 Å². The van der Waals surface area contributed by atoms with Gasteiger partial charge in [-0.25, -0.2) is 15.0 Å². The first kappa shape index (κ1) is 36.1. The molecule has 0 saturated heterocycles. The Morgan fingerprint density at radius 1 is 0.323 bits per heavy atom. The SMILES string of the molecule is c1ccc(-n2c3ccccc3c3cccc(-c4nc(-c5ccc6ccccc6c5)nc(-c5cc6sc7ccccc7c6cc5-n5c6ccccc6c6cc7ccccc7cc65)n4)c32)cc1. The molecule has 14 aromatic rings. The molecular formula is C59H35N5S. The topological polar surface area (TPSA) is 48.5 Å². The molecule has 6 heteroatoms. The first-order valence-electron chi connectivity index (χ1n) is 21.9. The predicted octanol–water partition coefficient (Wildman–Crippen LogP) is 15.7. The Kier molecular flexibility index (Phi) is 7.79. The number of benzene rings is 10. The monoisotopic (exact) mass is 845 g/mol. The number of hydrogen-bond donors (Lipinski definition) is 0. The van der Waals surface area contributed by atoms with Gasteiger partial charge < -0.3 is 9.13 Å². The van der Waals surface area contributed by atoms with E-state index in [0.29, 0.717) is 17.5 Å². The Balaban J connectivity index is 1.12. The highest BCUT2D eigenvalue weighted by atomic mass is 32.1. The molecule has 5 nitrogen and oxygen atoms in total. The lowest BCUT2D eigenvalue weighted by Gasteiger charge is -2.16. The molecule has 10 aromatic carbocycles. The molecule has 0 saturated carbocycles. The molecule has 0 spiro atoms. The number of fused-ring (bicyclic) bond motifs is 11. The van der Waals surface area contributed by atoms with Crippen LogP contribution in [-0.4, -0.2) is 24.1 Å². The number of thiophene rings is 1. The minimum Gasteiger partial charge on any atom is -0.309 e. The lowest BCUT2D eigenvalue weighted by molar-refractivity contribution is 1.06. The highest BCUT2D eigenvalue weighted by Gasteiger charge is 2.24. The summed E-state index contributed by atoms with van der Waals surface area (Å²) < 4.78 is 7.21. The summed E-state index contributed by atoms with van der Waals surface area (Å²) in [5.41, 5.74) is 9.31. The summed E-state index contributed by atoms with van der Waals surface area (Å²) in [4.78, 5) is 16.6. The van der Waals surface area contributed by atoms with E-state index in [2.05, 4.69) is 221 Å². The van der Waals surface area contributed by atoms with Crippen LogP contribution in [0.1, 0.15) is 0 Å². The third-order valence-electron chi connectivity index (χ3n) is 13.1. The van der Waals surface area contributed by atoms with Crippen LogP contribution in [0, 0.1) is 0 Å². The van der Waals surface area contributed by atoms with Gasteiger partial charge in [-0.2, -0.15) is 0 Å². The molecule has 0 bridgehead atoms. The fourth-order valence-electron chi connectivity index (χ4n) is 10.2. The first-order chi connectivity index (χ1) is 32.2. The van der Waals surface area contributed by atoms with Crippen LogP contribution in [0.2, 0.25) is 0 Å². The average molecular weight is 846 g/mol. The molecule has 0 atom stereocenters. The van der Waals surface area contributed by atoms with Crippen LogP contribution in [0.15, 0.2) is 212 Å². The van der Waals surface area contributed by atoms with Crippen molar-refractivity contribution in [3.05, 3.63) is 212 Å². The van der Waals surface area contributed by atoms with Crippen LogP contribution < -0.4 is 0 Å². The Hall–Kier alpha value is -8.45. The van der Waals surface area contributed by atoms with Crippen LogP contribution >= 0.6 is 11.3 Å². The number of para-hydroxylation sites is 4. The molecule has 0 aliphatic carbocycles. The van der Waals surface area contributed by atoms with Gasteiger partial charge in [-0.15, -0.1) is 11.3 Å². The molecule has 4 heterocycles. The molecule has 0 aliphatic rings. The molecule has 0 amide bonds. The summed E-state index contributed by atoms with van der Waals surface area (Å²) in [6.07, 6.45) is 0. The minimum atomic E-state index is 0.610. The second-order valence-corrected chi connectivity index (χ2v) is 17.9. The summed E-state index contributed by atoms with van der Waals surface area (Å²) in [5.74, 6) is 1.84. The van der Waals surface area contributed by atoms with E-state index in [0.717, 1.165) is 60.9 Å². The number of nitrogens with zero attached hydrogens (tertiary/aromatic N) is 5. The standard InChI is InChI=1S/C59H35N5S/c1-2-19-41(20-3-1)63-50-26-11-8-21-42(50)45-24-14-25-46(56(45)63)58-60-57(40-30-29-36-15-4-5-16-37(36)31-40)61-59(62-58)49-35-55-48(44-23-10-13-28-54(44)65-55)34-53(49)64-51-27-12-9-22-43(51)47-32-38-17-6-7-18-39(38)33-52(47)64/h1-35H. The molecular weight excluding hydrogens is 811 g/mol. The van der Waals surface area contributed by atoms with Gasteiger partial charge in [0.2, 0.25) is 0 Å². The Bertz CT molecular complexity index is 4250. The maximum atomic E-state index is 5.61. The number of rotatable bonds is 5. The van der Waals surface area contributed by atoms with Gasteiger partial charge in [-0.1, -0.05) is 146 Å². The summed E-state index contributed by atoms with van der Waals surface area (Å²) in [6, 6.07) is 76.2. The summed E-state index contributed by atoms with van der Waals surface area (Å²) >= 11 is 1.81. The molecule has 0 radical (unpaired) electrons. The molecule has 65 heavy (non-hydrogen) atoms. The van der Waals surface area contributed by atoms with Gasteiger partial charge in [0.1, 0.15) is 0 Å². The maximum Gasteiger partial charge on any atom is 0.166 e. The fourth-order valence-corrected chi connectivity index (χ4v) is 11.3. The summed E-state index contributed by atoms with van der Waals surface area (Å²) in [5, 5.41) is 11.9. The van der Waals surface area contributed by atoms with Crippen LogP contribution in [0.5, 0.6) is 0 Å². The molecule has 0 N–H and O–H groups in total. The zero-order valence-corrected chi connectivity index (χ0v) is 35.7. The van der Waals surface area contributed by atoms with E-state index in [1.807, 2.05) is 11.3 Å². The largest absolute Gasteiger partial charge is 0.309 e. The van der Waals surface area contributed by atoms with Gasteiger partial charge in [0, 0.05) is 64.1 Å². The van der Waals surface area contributed by atoms with E-state index < -0.39 is 0 Å². The number of aromatic nitrogens is 5. The van der Waals surface area contributed by atoms with Gasteiger partial charge >= 0.3 is 0 Å². The third-order valence-corrected chi connectivity index (χ3v) is 14.2. The van der Waals surface area contributed by atoms with Gasteiger partial charge in [0.15, 0.2) is 17.5 Å². The van der Waals surface area contributed by atoms with Crippen molar-refractivity contribution < 1.29 is 0 Å². The average Bonchev–Trinajstić information content (AvgIpc) is 4.02. The molecule has 0 fully saturated rings. The normalized spacial score (nSPS) is 12.0. The van der Waals surface area contributed by atoms with Crippen molar-refractivity contribution in [2.75, 3.05) is 0 Å². The third kappa shape index (κ3) is 5.54. The zero-order chi connectivity index (χ0) is 42.6. The lowest BCUT2D eigenvalue weighted by atomic mass is 10.0. The predicted molar refractivity (Wildman–Crippen MR) is 273 cm³/mol. The maximum absolute atomic E-state index is 5.61. The smallest absolute Gasteiger partial charge is 0.166 e. The molecule has 0 aliphatic heterocycles. The van der Waals surface area contributed by atoms with Crippen molar-refractivity contribution in [1.29, 1.82) is 0 Å². The van der Waals surface area contributed by atoms with Gasteiger partial charge in [-0.3, -0.25) is 0 Å². The minimum absolute atomic E-state index is 0.610. The summed E-state index contributed by atoms with van der Waals surface area (Å²) in [7, 11) is 0. The zero-order valence-electron chi connectivity index (χ0n) is 34.9. The van der Waals surface area contributed by atoms with Crippen molar-refractivity contribution in [3.8, 4) is 45.5 Å². The van der Waals surface area contributed by atoms with Gasteiger partial charge in [0.25, 0.3) is 0 Å². The van der Waals surface area contributed by atoms with E-state index in [1.54, 1.807) is 0 Å².